The van der Waals surface area contributed by atoms with Crippen LogP contribution in [0.4, 0.5) is 5.69 Å². The number of amides is 1. The van der Waals surface area contributed by atoms with Gasteiger partial charge in [0.1, 0.15) is 6.26 Å². The molecule has 1 atom stereocenters. The highest BCUT2D eigenvalue weighted by atomic mass is 16.5. The van der Waals surface area contributed by atoms with E-state index in [1.165, 1.54) is 6.26 Å². The number of hydrogen-bond donors (Lipinski definition) is 1. The van der Waals surface area contributed by atoms with E-state index in [4.69, 9.17) is 9.05 Å². The third kappa shape index (κ3) is 3.67. The molecule has 1 aromatic carbocycles. The predicted octanol–water partition coefficient (Wildman–Crippen LogP) is 3.16. The van der Waals surface area contributed by atoms with Crippen LogP contribution in [0.3, 0.4) is 0 Å². The number of carbonyl (C=O) groups is 1. The number of nitrogens with zero attached hydrogens (tertiary/aromatic N) is 3. The number of carbonyl (C=O) groups excluding carboxylic acids is 1. The molecule has 3 rings (SSSR count). The van der Waals surface area contributed by atoms with Crippen LogP contribution < -0.4 is 4.90 Å². The van der Waals surface area contributed by atoms with Gasteiger partial charge in [-0.1, -0.05) is 28.5 Å². The number of rotatable bonds is 7. The van der Waals surface area contributed by atoms with Crippen LogP contribution in [0.1, 0.15) is 30.0 Å². The van der Waals surface area contributed by atoms with Crippen molar-refractivity contribution in [2.24, 2.45) is 0 Å². The number of hydrogen-bond acceptors (Lipinski definition) is 6. The summed E-state index contributed by atoms with van der Waals surface area (Å²) in [7, 11) is 1.74. The molecule has 0 aliphatic rings. The molecule has 7 heteroatoms. The lowest BCUT2D eigenvalue weighted by atomic mass is 9.93. The molecule has 136 valence electrons. The number of aliphatic hydroxyl groups excluding tert-OH is 1. The Balaban J connectivity index is 1.80. The van der Waals surface area contributed by atoms with Crippen LogP contribution in [0.2, 0.25) is 0 Å². The fourth-order valence-corrected chi connectivity index (χ4v) is 2.93. The summed E-state index contributed by atoms with van der Waals surface area (Å²) >= 11 is 0. The van der Waals surface area contributed by atoms with E-state index in [0.717, 1.165) is 11.3 Å². The molecule has 0 aliphatic heterocycles. The van der Waals surface area contributed by atoms with Crippen LogP contribution in [0.25, 0.3) is 11.5 Å². The third-order valence-electron chi connectivity index (χ3n) is 4.43. The molecule has 2 aromatic heterocycles. The van der Waals surface area contributed by atoms with Crippen molar-refractivity contribution in [3.63, 3.8) is 0 Å². The molecule has 0 radical (unpaired) electrons. The normalized spacial score (nSPS) is 12.1. The smallest absolute Gasteiger partial charge is 0.227 e. The Labute approximate surface area is 151 Å². The molecular formula is C19H21N3O4. The predicted molar refractivity (Wildman–Crippen MR) is 95.6 cm³/mol. The van der Waals surface area contributed by atoms with Gasteiger partial charge in [0, 0.05) is 43.3 Å². The van der Waals surface area contributed by atoms with Gasteiger partial charge in [-0.25, -0.2) is 0 Å². The summed E-state index contributed by atoms with van der Waals surface area (Å²) in [5.41, 5.74) is 2.83. The Bertz CT molecular complexity index is 843. The van der Waals surface area contributed by atoms with Crippen molar-refractivity contribution in [2.45, 2.75) is 25.7 Å². The van der Waals surface area contributed by atoms with Crippen LogP contribution >= 0.6 is 0 Å². The molecule has 1 amide bonds. The summed E-state index contributed by atoms with van der Waals surface area (Å²) in [6, 6.07) is 11.1. The minimum Gasteiger partial charge on any atom is -0.396 e. The number of anilines is 1. The van der Waals surface area contributed by atoms with Gasteiger partial charge in [0.25, 0.3) is 0 Å². The topological polar surface area (TPSA) is 92.6 Å². The lowest BCUT2D eigenvalue weighted by Crippen LogP contribution is -2.28. The molecule has 0 fully saturated rings. The van der Waals surface area contributed by atoms with E-state index >= 15 is 0 Å². The van der Waals surface area contributed by atoms with E-state index in [1.807, 2.05) is 37.3 Å². The van der Waals surface area contributed by atoms with Crippen LogP contribution in [0, 0.1) is 6.92 Å². The van der Waals surface area contributed by atoms with Crippen molar-refractivity contribution < 1.29 is 18.9 Å². The Morgan fingerprint density at radius 2 is 2.00 bits per heavy atom. The maximum absolute atomic E-state index is 12.7. The Kier molecular flexibility index (Phi) is 5.48. The van der Waals surface area contributed by atoms with E-state index in [1.54, 1.807) is 18.0 Å². The van der Waals surface area contributed by atoms with Gasteiger partial charge in [-0.2, -0.15) is 0 Å². The van der Waals surface area contributed by atoms with E-state index < -0.39 is 0 Å². The van der Waals surface area contributed by atoms with Crippen LogP contribution in [0.5, 0.6) is 0 Å². The molecule has 0 aliphatic carbocycles. The van der Waals surface area contributed by atoms with Gasteiger partial charge < -0.3 is 19.1 Å². The van der Waals surface area contributed by atoms with Crippen molar-refractivity contribution >= 4 is 11.6 Å². The average Bonchev–Trinajstić information content (AvgIpc) is 3.31. The molecule has 0 bridgehead atoms. The van der Waals surface area contributed by atoms with Gasteiger partial charge in [-0.3, -0.25) is 4.79 Å². The number of aromatic nitrogens is 2. The standard InChI is InChI=1S/C19H21N3O4/c1-13-18(21-26-19(13)16-9-11-25-20-16)14(8-10-23)12-17(24)22(2)15-6-4-3-5-7-15/h3-7,9,11,14,23H,8,10,12H2,1-2H3. The van der Waals surface area contributed by atoms with Gasteiger partial charge in [-0.05, 0) is 25.5 Å². The first kappa shape index (κ1) is 17.9. The van der Waals surface area contributed by atoms with Gasteiger partial charge in [0.2, 0.25) is 5.91 Å². The quantitative estimate of drug-likeness (QED) is 0.700. The highest BCUT2D eigenvalue weighted by Gasteiger charge is 2.26. The summed E-state index contributed by atoms with van der Waals surface area (Å²) < 4.78 is 10.3. The van der Waals surface area contributed by atoms with Gasteiger partial charge in [0.05, 0.1) is 5.69 Å². The average molecular weight is 355 g/mol. The molecule has 26 heavy (non-hydrogen) atoms. The first-order valence-electron chi connectivity index (χ1n) is 8.41. The Morgan fingerprint density at radius 3 is 2.65 bits per heavy atom. The second kappa shape index (κ2) is 7.97. The van der Waals surface area contributed by atoms with Crippen molar-refractivity contribution in [2.75, 3.05) is 18.6 Å². The molecule has 0 saturated carbocycles. The van der Waals surface area contributed by atoms with Gasteiger partial charge in [0.15, 0.2) is 11.5 Å². The van der Waals surface area contributed by atoms with E-state index in [-0.39, 0.29) is 24.9 Å². The van der Waals surface area contributed by atoms with Crippen LogP contribution in [-0.2, 0) is 4.79 Å². The largest absolute Gasteiger partial charge is 0.396 e. The lowest BCUT2D eigenvalue weighted by Gasteiger charge is -2.20. The summed E-state index contributed by atoms with van der Waals surface area (Å²) in [6.07, 6.45) is 2.10. The van der Waals surface area contributed by atoms with Crippen LogP contribution in [0.15, 0.2) is 51.7 Å². The zero-order valence-corrected chi connectivity index (χ0v) is 14.8. The van der Waals surface area contributed by atoms with E-state index in [2.05, 4.69) is 10.3 Å². The number of benzene rings is 1. The lowest BCUT2D eigenvalue weighted by molar-refractivity contribution is -0.118. The van der Waals surface area contributed by atoms with Gasteiger partial charge in [-0.15, -0.1) is 0 Å². The molecule has 7 nitrogen and oxygen atoms in total. The maximum atomic E-state index is 12.7. The zero-order valence-electron chi connectivity index (χ0n) is 14.8. The SMILES string of the molecule is Cc1c(C(CCO)CC(=O)N(C)c2ccccc2)noc1-c1ccon1. The molecular weight excluding hydrogens is 334 g/mol. The Morgan fingerprint density at radius 1 is 1.23 bits per heavy atom. The summed E-state index contributed by atoms with van der Waals surface area (Å²) in [4.78, 5) is 14.3. The van der Waals surface area contributed by atoms with Gasteiger partial charge >= 0.3 is 0 Å². The van der Waals surface area contributed by atoms with Crippen LogP contribution in [-0.4, -0.2) is 35.0 Å². The fraction of sp³-hybridized carbons (Fsp3) is 0.316. The van der Waals surface area contributed by atoms with Crippen molar-refractivity contribution in [3.8, 4) is 11.5 Å². The molecule has 1 N–H and O–H groups in total. The summed E-state index contributed by atoms with van der Waals surface area (Å²) in [5.74, 6) is 0.212. The van der Waals surface area contributed by atoms with Crippen molar-refractivity contribution in [1.82, 2.24) is 10.3 Å². The molecule has 1 unspecified atom stereocenters. The minimum atomic E-state index is -0.247. The summed E-state index contributed by atoms with van der Waals surface area (Å²) in [5, 5.41) is 17.4. The minimum absolute atomic E-state index is 0.0431. The third-order valence-corrected chi connectivity index (χ3v) is 4.43. The van der Waals surface area contributed by atoms with Crippen molar-refractivity contribution in [3.05, 3.63) is 53.9 Å². The van der Waals surface area contributed by atoms with E-state index in [0.29, 0.717) is 23.6 Å². The molecule has 0 spiro atoms. The zero-order chi connectivity index (χ0) is 18.5. The maximum Gasteiger partial charge on any atom is 0.227 e. The van der Waals surface area contributed by atoms with Crippen molar-refractivity contribution in [1.29, 1.82) is 0 Å². The first-order chi connectivity index (χ1) is 12.6. The second-order valence-corrected chi connectivity index (χ2v) is 6.11. The summed E-state index contributed by atoms with van der Waals surface area (Å²) in [6.45, 7) is 1.82. The molecule has 0 saturated heterocycles. The Hall–Kier alpha value is -2.93. The highest BCUT2D eigenvalue weighted by molar-refractivity contribution is 5.93. The number of aliphatic hydroxyl groups is 1. The monoisotopic (exact) mass is 355 g/mol. The highest BCUT2D eigenvalue weighted by Crippen LogP contribution is 2.32. The second-order valence-electron chi connectivity index (χ2n) is 6.11. The fourth-order valence-electron chi connectivity index (χ4n) is 2.93. The molecule has 3 aromatic rings. The number of para-hydroxylation sites is 1. The van der Waals surface area contributed by atoms with E-state index in [9.17, 15) is 9.90 Å². The first-order valence-corrected chi connectivity index (χ1v) is 8.41. The molecule has 2 heterocycles.